The summed E-state index contributed by atoms with van der Waals surface area (Å²) in [7, 11) is 0. The first-order valence-corrected chi connectivity index (χ1v) is 12.2. The standard InChI is InChI=1S/C26H25Cl2N3O2/c27-18-4-6-24-21(9-18)22-10-19(28)5-7-25(22)30(24)15-20(32)14-29-11-16-8-17(13-29)23-2-1-3-26(33)31(23)12-16/h1-7,9-10,16-17,20,32H,8,11-15H2/t16-,17+,20-/m0/s1. The molecule has 2 aliphatic rings. The molecular formula is C26H25Cl2N3O2. The van der Waals surface area contributed by atoms with Crippen molar-refractivity contribution < 1.29 is 5.11 Å². The van der Waals surface area contributed by atoms with E-state index in [-0.39, 0.29) is 5.56 Å². The molecule has 2 aliphatic heterocycles. The molecular weight excluding hydrogens is 457 g/mol. The highest BCUT2D eigenvalue weighted by atomic mass is 35.5. The molecule has 2 aromatic heterocycles. The van der Waals surface area contributed by atoms with Crippen LogP contribution in [0.4, 0.5) is 0 Å². The number of halogens is 2. The average Bonchev–Trinajstić information content (AvgIpc) is 3.06. The fourth-order valence-corrected chi connectivity index (χ4v) is 6.30. The van der Waals surface area contributed by atoms with E-state index in [1.54, 1.807) is 6.07 Å². The van der Waals surface area contributed by atoms with Crippen molar-refractivity contribution in [1.82, 2.24) is 14.0 Å². The van der Waals surface area contributed by atoms with E-state index in [9.17, 15) is 9.90 Å². The molecule has 4 aromatic rings. The van der Waals surface area contributed by atoms with Crippen molar-refractivity contribution in [3.8, 4) is 0 Å². The second kappa shape index (κ2) is 8.17. The maximum Gasteiger partial charge on any atom is 0.250 e. The van der Waals surface area contributed by atoms with Gasteiger partial charge in [0.25, 0.3) is 5.56 Å². The van der Waals surface area contributed by atoms with E-state index in [1.165, 1.54) is 0 Å². The van der Waals surface area contributed by atoms with Crippen LogP contribution < -0.4 is 5.56 Å². The van der Waals surface area contributed by atoms with Crippen molar-refractivity contribution >= 4 is 45.0 Å². The number of likely N-dealkylation sites (tertiary alicyclic amines) is 1. The van der Waals surface area contributed by atoms with Gasteiger partial charge in [-0.2, -0.15) is 0 Å². The first-order valence-electron chi connectivity index (χ1n) is 11.4. The highest BCUT2D eigenvalue weighted by Gasteiger charge is 2.35. The molecule has 0 unspecified atom stereocenters. The molecule has 0 radical (unpaired) electrons. The molecule has 33 heavy (non-hydrogen) atoms. The zero-order valence-electron chi connectivity index (χ0n) is 18.1. The summed E-state index contributed by atoms with van der Waals surface area (Å²) < 4.78 is 4.11. The summed E-state index contributed by atoms with van der Waals surface area (Å²) in [6, 6.07) is 17.3. The molecule has 1 saturated heterocycles. The van der Waals surface area contributed by atoms with Gasteiger partial charge < -0.3 is 14.2 Å². The molecule has 0 spiro atoms. The predicted molar refractivity (Wildman–Crippen MR) is 133 cm³/mol. The van der Waals surface area contributed by atoms with Crippen LogP contribution >= 0.6 is 23.2 Å². The normalized spacial score (nSPS) is 21.4. The van der Waals surface area contributed by atoms with Crippen LogP contribution in [0.25, 0.3) is 21.8 Å². The Kier molecular flexibility index (Phi) is 5.26. The number of nitrogens with zero attached hydrogens (tertiary/aromatic N) is 3. The van der Waals surface area contributed by atoms with Crippen LogP contribution in [0.2, 0.25) is 10.0 Å². The van der Waals surface area contributed by atoms with Crippen LogP contribution in [0.1, 0.15) is 18.0 Å². The van der Waals surface area contributed by atoms with E-state index in [0.29, 0.717) is 35.0 Å². The zero-order valence-corrected chi connectivity index (χ0v) is 19.6. The number of rotatable bonds is 4. The van der Waals surface area contributed by atoms with Gasteiger partial charge in [0, 0.05) is 75.7 Å². The lowest BCUT2D eigenvalue weighted by atomic mass is 9.83. The van der Waals surface area contributed by atoms with Gasteiger partial charge in [-0.1, -0.05) is 29.3 Å². The van der Waals surface area contributed by atoms with Crippen LogP contribution in [-0.2, 0) is 13.1 Å². The highest BCUT2D eigenvalue weighted by molar-refractivity contribution is 6.33. The van der Waals surface area contributed by atoms with Gasteiger partial charge in [-0.05, 0) is 54.8 Å². The number of aromatic nitrogens is 2. The summed E-state index contributed by atoms with van der Waals surface area (Å²) in [4.78, 5) is 14.6. The van der Waals surface area contributed by atoms with Gasteiger partial charge in [0.2, 0.25) is 0 Å². The second-order valence-corrected chi connectivity index (χ2v) is 10.4. The lowest BCUT2D eigenvalue weighted by molar-refractivity contribution is 0.0558. The van der Waals surface area contributed by atoms with Gasteiger partial charge in [0.05, 0.1) is 12.6 Å². The number of β-amino-alcohol motifs (C(OH)–C–C–N with tert-alkyl or cyclic N) is 1. The minimum Gasteiger partial charge on any atom is -0.390 e. The van der Waals surface area contributed by atoms with E-state index in [1.807, 2.05) is 47.0 Å². The molecule has 5 nitrogen and oxygen atoms in total. The van der Waals surface area contributed by atoms with Crippen molar-refractivity contribution in [2.24, 2.45) is 5.92 Å². The molecule has 0 amide bonds. The van der Waals surface area contributed by atoms with Crippen molar-refractivity contribution in [3.63, 3.8) is 0 Å². The Morgan fingerprint density at radius 1 is 0.909 bits per heavy atom. The monoisotopic (exact) mass is 481 g/mol. The van der Waals surface area contributed by atoms with Crippen molar-refractivity contribution in [2.75, 3.05) is 19.6 Å². The summed E-state index contributed by atoms with van der Waals surface area (Å²) in [5.41, 5.74) is 3.32. The van der Waals surface area contributed by atoms with Gasteiger partial charge in [-0.15, -0.1) is 0 Å². The van der Waals surface area contributed by atoms with E-state index >= 15 is 0 Å². The topological polar surface area (TPSA) is 50.4 Å². The molecule has 7 heteroatoms. The first kappa shape index (κ1) is 21.2. The Hall–Kier alpha value is -2.31. The molecule has 2 aromatic carbocycles. The van der Waals surface area contributed by atoms with E-state index in [4.69, 9.17) is 23.2 Å². The van der Waals surface area contributed by atoms with Gasteiger partial charge in [0.15, 0.2) is 0 Å². The number of fused-ring (bicyclic) bond motifs is 7. The molecule has 6 rings (SSSR count). The second-order valence-electron chi connectivity index (χ2n) is 9.50. The quantitative estimate of drug-likeness (QED) is 0.457. The number of hydrogen-bond acceptors (Lipinski definition) is 3. The largest absolute Gasteiger partial charge is 0.390 e. The Labute approximate surface area is 201 Å². The SMILES string of the molecule is O=c1cccc2n1C[C@H]1C[C@@H]2CN(C[C@H](O)Cn2c3ccc(Cl)cc3c3cc(Cl)ccc32)C1. The number of aliphatic hydroxyl groups is 1. The predicted octanol–water partition coefficient (Wildman–Crippen LogP) is 4.74. The maximum atomic E-state index is 12.3. The Morgan fingerprint density at radius 2 is 1.61 bits per heavy atom. The first-order chi connectivity index (χ1) is 16.0. The summed E-state index contributed by atoms with van der Waals surface area (Å²) >= 11 is 12.6. The molecule has 3 atom stereocenters. The zero-order chi connectivity index (χ0) is 22.7. The van der Waals surface area contributed by atoms with Crippen molar-refractivity contribution in [1.29, 1.82) is 0 Å². The minimum atomic E-state index is -0.521. The number of pyridine rings is 1. The van der Waals surface area contributed by atoms with Crippen LogP contribution in [0.3, 0.4) is 0 Å². The summed E-state index contributed by atoms with van der Waals surface area (Å²) in [5.74, 6) is 0.789. The van der Waals surface area contributed by atoms with E-state index < -0.39 is 6.10 Å². The molecule has 4 heterocycles. The highest BCUT2D eigenvalue weighted by Crippen LogP contribution is 2.36. The Bertz CT molecular complexity index is 1370. The number of hydrogen-bond donors (Lipinski definition) is 1. The van der Waals surface area contributed by atoms with Crippen LogP contribution in [0.5, 0.6) is 0 Å². The molecule has 0 saturated carbocycles. The summed E-state index contributed by atoms with van der Waals surface area (Å²) in [6.45, 7) is 3.65. The Morgan fingerprint density at radius 3 is 2.30 bits per heavy atom. The fraction of sp³-hybridized carbons (Fsp3) is 0.346. The smallest absolute Gasteiger partial charge is 0.250 e. The molecule has 1 fully saturated rings. The van der Waals surface area contributed by atoms with Gasteiger partial charge in [-0.3, -0.25) is 9.69 Å². The van der Waals surface area contributed by atoms with Crippen LogP contribution in [0, 0.1) is 5.92 Å². The summed E-state index contributed by atoms with van der Waals surface area (Å²) in [6.07, 6.45) is 0.594. The third kappa shape index (κ3) is 3.77. The molecule has 0 aliphatic carbocycles. The number of aliphatic hydroxyl groups excluding tert-OH is 1. The van der Waals surface area contributed by atoms with Crippen molar-refractivity contribution in [2.45, 2.75) is 31.5 Å². The van der Waals surface area contributed by atoms with Crippen molar-refractivity contribution in [3.05, 3.63) is 80.7 Å². The number of piperidine rings is 1. The maximum absolute atomic E-state index is 12.3. The lowest BCUT2D eigenvalue weighted by Gasteiger charge is -2.43. The van der Waals surface area contributed by atoms with Gasteiger partial charge >= 0.3 is 0 Å². The van der Waals surface area contributed by atoms with Crippen LogP contribution in [0.15, 0.2) is 59.4 Å². The Balaban J connectivity index is 1.26. The van der Waals surface area contributed by atoms with Gasteiger partial charge in [0.1, 0.15) is 0 Å². The van der Waals surface area contributed by atoms with Gasteiger partial charge in [-0.25, -0.2) is 0 Å². The molecule has 2 bridgehead atoms. The lowest BCUT2D eigenvalue weighted by Crippen LogP contribution is -2.49. The molecule has 1 N–H and O–H groups in total. The minimum absolute atomic E-state index is 0.0993. The third-order valence-electron chi connectivity index (χ3n) is 7.21. The molecule has 170 valence electrons. The third-order valence-corrected chi connectivity index (χ3v) is 7.68. The summed E-state index contributed by atoms with van der Waals surface area (Å²) in [5, 5.41) is 14.6. The van der Waals surface area contributed by atoms with Crippen LogP contribution in [-0.4, -0.2) is 44.9 Å². The van der Waals surface area contributed by atoms with E-state index in [2.05, 4.69) is 15.5 Å². The average molecular weight is 482 g/mol. The number of benzene rings is 2. The fourth-order valence-electron chi connectivity index (χ4n) is 5.96. The van der Waals surface area contributed by atoms with E-state index in [0.717, 1.165) is 53.6 Å².